The number of nitrogens with one attached hydrogen (secondary N) is 1. The molecule has 142 valence electrons. The van der Waals surface area contributed by atoms with E-state index < -0.39 is 0 Å². The van der Waals surface area contributed by atoms with Gasteiger partial charge in [0, 0.05) is 29.7 Å². The number of amides is 2. The molecule has 2 amide bonds. The molecule has 7 heteroatoms. The van der Waals surface area contributed by atoms with Crippen molar-refractivity contribution in [1.82, 2.24) is 9.88 Å². The molecule has 3 rings (SSSR count). The van der Waals surface area contributed by atoms with Gasteiger partial charge in [0.15, 0.2) is 10.8 Å². The highest BCUT2D eigenvalue weighted by Gasteiger charge is 2.15. The zero-order valence-corrected chi connectivity index (χ0v) is 15.9. The summed E-state index contributed by atoms with van der Waals surface area (Å²) < 4.78 is 5.29. The van der Waals surface area contributed by atoms with Crippen LogP contribution in [0, 0.1) is 0 Å². The normalized spacial score (nSPS) is 10.3. The third-order valence-corrected chi connectivity index (χ3v) is 4.70. The van der Waals surface area contributed by atoms with E-state index >= 15 is 0 Å². The van der Waals surface area contributed by atoms with E-state index in [1.165, 1.54) is 11.3 Å². The first-order valence-electron chi connectivity index (χ1n) is 8.54. The van der Waals surface area contributed by atoms with Gasteiger partial charge in [-0.15, -0.1) is 24.5 Å². The van der Waals surface area contributed by atoms with Crippen molar-refractivity contribution in [1.29, 1.82) is 0 Å². The summed E-state index contributed by atoms with van der Waals surface area (Å²) in [7, 11) is 0. The fraction of sp³-hybridized carbons (Fsp3) is 0.0952. The first-order chi connectivity index (χ1) is 13.6. The predicted octanol–water partition coefficient (Wildman–Crippen LogP) is 4.47. The van der Waals surface area contributed by atoms with Gasteiger partial charge in [-0.1, -0.05) is 12.2 Å². The van der Waals surface area contributed by atoms with Gasteiger partial charge in [0.2, 0.25) is 0 Å². The van der Waals surface area contributed by atoms with Gasteiger partial charge in [-0.3, -0.25) is 9.59 Å². The summed E-state index contributed by atoms with van der Waals surface area (Å²) in [5.41, 5.74) is 1.41. The van der Waals surface area contributed by atoms with E-state index in [4.69, 9.17) is 4.42 Å². The minimum absolute atomic E-state index is 0.125. The minimum atomic E-state index is -0.326. The van der Waals surface area contributed by atoms with Crippen molar-refractivity contribution in [3.8, 4) is 10.8 Å². The largest absolute Gasteiger partial charge is 0.462 e. The molecule has 3 aromatic rings. The third kappa shape index (κ3) is 4.44. The van der Waals surface area contributed by atoms with Crippen LogP contribution in [0.2, 0.25) is 0 Å². The fourth-order valence-corrected chi connectivity index (χ4v) is 3.28. The quantitative estimate of drug-likeness (QED) is 0.573. The van der Waals surface area contributed by atoms with Gasteiger partial charge < -0.3 is 14.6 Å². The summed E-state index contributed by atoms with van der Waals surface area (Å²) >= 11 is 1.33. The topological polar surface area (TPSA) is 75.4 Å². The maximum atomic E-state index is 12.5. The Morgan fingerprint density at radius 2 is 1.86 bits per heavy atom. The highest BCUT2D eigenvalue weighted by Crippen LogP contribution is 2.24. The van der Waals surface area contributed by atoms with Crippen molar-refractivity contribution in [2.24, 2.45) is 0 Å². The molecule has 28 heavy (non-hydrogen) atoms. The Bertz CT molecular complexity index is 965. The smallest absolute Gasteiger partial charge is 0.275 e. The zero-order chi connectivity index (χ0) is 19.9. The lowest BCUT2D eigenvalue weighted by atomic mass is 10.1. The number of aromatic nitrogens is 1. The number of anilines is 1. The molecule has 2 aromatic heterocycles. The van der Waals surface area contributed by atoms with Crippen LogP contribution in [0.3, 0.4) is 0 Å². The molecule has 6 nitrogen and oxygen atoms in total. The highest BCUT2D eigenvalue weighted by molar-refractivity contribution is 7.13. The van der Waals surface area contributed by atoms with Crippen molar-refractivity contribution in [2.75, 3.05) is 18.4 Å². The van der Waals surface area contributed by atoms with Crippen LogP contribution in [-0.4, -0.2) is 34.8 Å². The Kier molecular flexibility index (Phi) is 6.18. The molecule has 0 aliphatic heterocycles. The van der Waals surface area contributed by atoms with Crippen molar-refractivity contribution in [3.05, 3.63) is 84.6 Å². The van der Waals surface area contributed by atoms with E-state index in [2.05, 4.69) is 23.5 Å². The first-order valence-corrected chi connectivity index (χ1v) is 9.42. The Hall–Kier alpha value is -3.45. The van der Waals surface area contributed by atoms with Crippen LogP contribution < -0.4 is 5.32 Å². The lowest BCUT2D eigenvalue weighted by molar-refractivity contribution is 0.0790. The number of carbonyl (C=O) groups is 2. The van der Waals surface area contributed by atoms with Crippen LogP contribution in [-0.2, 0) is 0 Å². The number of carbonyl (C=O) groups excluding carboxylic acids is 2. The van der Waals surface area contributed by atoms with E-state index in [0.29, 0.717) is 40.8 Å². The minimum Gasteiger partial charge on any atom is -0.462 e. The van der Waals surface area contributed by atoms with Gasteiger partial charge in [0.25, 0.3) is 11.8 Å². The molecule has 0 spiro atoms. The molecule has 0 fully saturated rings. The maximum Gasteiger partial charge on any atom is 0.275 e. The summed E-state index contributed by atoms with van der Waals surface area (Å²) in [6.45, 7) is 8.20. The SMILES string of the molecule is C=CCN(CC=C)C(=O)c1ccc(NC(=O)c2csc(-c3ccco3)n2)cc1. The summed E-state index contributed by atoms with van der Waals surface area (Å²) in [5.74, 6) is 0.170. The molecule has 1 N–H and O–H groups in total. The van der Waals surface area contributed by atoms with E-state index in [-0.39, 0.29) is 11.8 Å². The predicted molar refractivity (Wildman–Crippen MR) is 111 cm³/mol. The number of benzene rings is 1. The molecule has 2 heterocycles. The molecular formula is C21H19N3O3S. The Labute approximate surface area is 166 Å². The lowest BCUT2D eigenvalue weighted by Gasteiger charge is -2.19. The van der Waals surface area contributed by atoms with Crippen LogP contribution >= 0.6 is 11.3 Å². The second kappa shape index (κ2) is 8.96. The van der Waals surface area contributed by atoms with Crippen molar-refractivity contribution < 1.29 is 14.0 Å². The van der Waals surface area contributed by atoms with Crippen molar-refractivity contribution in [3.63, 3.8) is 0 Å². The van der Waals surface area contributed by atoms with Gasteiger partial charge in [-0.25, -0.2) is 4.98 Å². The number of nitrogens with zero attached hydrogens (tertiary/aromatic N) is 2. The van der Waals surface area contributed by atoms with Crippen molar-refractivity contribution >= 4 is 28.8 Å². The molecule has 1 aromatic carbocycles. The second-order valence-corrected chi connectivity index (χ2v) is 6.69. The Morgan fingerprint density at radius 1 is 1.14 bits per heavy atom. The summed E-state index contributed by atoms with van der Waals surface area (Å²) in [5, 5.41) is 5.09. The molecule has 0 radical (unpaired) electrons. The van der Waals surface area contributed by atoms with Gasteiger partial charge in [0.1, 0.15) is 5.69 Å². The number of thiazole rings is 1. The van der Waals surface area contributed by atoms with Gasteiger partial charge in [0.05, 0.1) is 6.26 Å². The maximum absolute atomic E-state index is 12.5. The molecular weight excluding hydrogens is 374 g/mol. The Balaban J connectivity index is 1.67. The van der Waals surface area contributed by atoms with Gasteiger partial charge in [-0.2, -0.15) is 0 Å². The van der Waals surface area contributed by atoms with Crippen LogP contribution in [0.15, 0.2) is 77.8 Å². The molecule has 0 bridgehead atoms. The second-order valence-electron chi connectivity index (χ2n) is 5.83. The van der Waals surface area contributed by atoms with E-state index in [0.717, 1.165) is 0 Å². The summed E-state index contributed by atoms with van der Waals surface area (Å²) in [6.07, 6.45) is 4.90. The molecule has 0 saturated heterocycles. The first kappa shape index (κ1) is 19.3. The van der Waals surface area contributed by atoms with E-state index in [1.54, 1.807) is 65.1 Å². The number of hydrogen-bond donors (Lipinski definition) is 1. The average molecular weight is 393 g/mol. The van der Waals surface area contributed by atoms with Crippen LogP contribution in [0.4, 0.5) is 5.69 Å². The van der Waals surface area contributed by atoms with Gasteiger partial charge >= 0.3 is 0 Å². The molecule has 0 saturated carbocycles. The molecule has 0 aliphatic rings. The van der Waals surface area contributed by atoms with Crippen LogP contribution in [0.1, 0.15) is 20.8 Å². The van der Waals surface area contributed by atoms with Crippen molar-refractivity contribution in [2.45, 2.75) is 0 Å². The number of rotatable bonds is 8. The van der Waals surface area contributed by atoms with Crippen LogP contribution in [0.5, 0.6) is 0 Å². The standard InChI is InChI=1S/C21H19N3O3S/c1-3-11-24(12-4-2)21(26)15-7-9-16(10-8-15)22-19(25)17-14-28-20(23-17)18-6-5-13-27-18/h3-10,13-14H,1-2,11-12H2,(H,22,25). The number of hydrogen-bond acceptors (Lipinski definition) is 5. The summed E-state index contributed by atoms with van der Waals surface area (Å²) in [6, 6.07) is 10.3. The summed E-state index contributed by atoms with van der Waals surface area (Å²) in [4.78, 5) is 30.8. The monoisotopic (exact) mass is 393 g/mol. The van der Waals surface area contributed by atoms with Gasteiger partial charge in [-0.05, 0) is 36.4 Å². The molecule has 0 atom stereocenters. The highest BCUT2D eigenvalue weighted by atomic mass is 32.1. The number of furan rings is 1. The lowest BCUT2D eigenvalue weighted by Crippen LogP contribution is -2.31. The zero-order valence-electron chi connectivity index (χ0n) is 15.1. The van der Waals surface area contributed by atoms with E-state index in [1.807, 2.05) is 0 Å². The Morgan fingerprint density at radius 3 is 2.46 bits per heavy atom. The van der Waals surface area contributed by atoms with Crippen LogP contribution in [0.25, 0.3) is 10.8 Å². The van der Waals surface area contributed by atoms with E-state index in [9.17, 15) is 9.59 Å². The average Bonchev–Trinajstić information content (AvgIpc) is 3.39. The third-order valence-electron chi connectivity index (χ3n) is 3.84. The fourth-order valence-electron chi connectivity index (χ4n) is 2.52. The molecule has 0 unspecified atom stereocenters. The molecule has 0 aliphatic carbocycles.